The molecule has 2 aromatic rings. The van der Waals surface area contributed by atoms with Crippen LogP contribution in [0.1, 0.15) is 40.0 Å². The first-order chi connectivity index (χ1) is 9.90. The molecule has 0 saturated heterocycles. The maximum absolute atomic E-state index is 13.1. The molecule has 0 aliphatic carbocycles. The van der Waals surface area contributed by atoms with E-state index in [4.69, 9.17) is 0 Å². The second-order valence-corrected chi connectivity index (χ2v) is 5.46. The van der Waals surface area contributed by atoms with Crippen molar-refractivity contribution in [1.29, 1.82) is 0 Å². The van der Waals surface area contributed by atoms with Crippen LogP contribution in [0.4, 0.5) is 4.39 Å². The van der Waals surface area contributed by atoms with Crippen molar-refractivity contribution in [3.8, 4) is 0 Å². The molecule has 0 aromatic heterocycles. The molecule has 1 atom stereocenters. The molecule has 0 spiro atoms. The van der Waals surface area contributed by atoms with Gasteiger partial charge in [0.15, 0.2) is 0 Å². The van der Waals surface area contributed by atoms with Gasteiger partial charge in [0.05, 0.1) is 6.04 Å². The fraction of sp³-hybridized carbons (Fsp3) is 0.278. The lowest BCUT2D eigenvalue weighted by Gasteiger charge is -2.26. The van der Waals surface area contributed by atoms with Gasteiger partial charge in [0.1, 0.15) is 5.82 Å². The number of carbonyl (C=O) groups excluding carboxylic acids is 1. The summed E-state index contributed by atoms with van der Waals surface area (Å²) in [7, 11) is 1.77. The molecule has 0 N–H and O–H groups in total. The Kier molecular flexibility index (Phi) is 4.41. The molecular weight excluding hydrogens is 265 g/mol. The molecule has 0 saturated carbocycles. The predicted molar refractivity (Wildman–Crippen MR) is 82.8 cm³/mol. The first-order valence-corrected chi connectivity index (χ1v) is 7.00. The van der Waals surface area contributed by atoms with Crippen molar-refractivity contribution in [2.75, 3.05) is 7.05 Å². The SMILES string of the molecule is Cc1ccc(C(C)N(C)C(=O)c2ccc(F)cc2C)cc1. The number of aryl methyl sites for hydroxylation is 2. The number of hydrogen-bond acceptors (Lipinski definition) is 1. The van der Waals surface area contributed by atoms with Crippen molar-refractivity contribution < 1.29 is 9.18 Å². The highest BCUT2D eigenvalue weighted by Crippen LogP contribution is 2.22. The Bertz CT molecular complexity index is 649. The van der Waals surface area contributed by atoms with Crippen LogP contribution in [0.5, 0.6) is 0 Å². The molecule has 0 fully saturated rings. The average Bonchev–Trinajstić information content (AvgIpc) is 2.46. The summed E-state index contributed by atoms with van der Waals surface area (Å²) in [5.74, 6) is -0.418. The van der Waals surface area contributed by atoms with Gasteiger partial charge in [-0.05, 0) is 50.1 Å². The molecule has 0 radical (unpaired) electrons. The summed E-state index contributed by atoms with van der Waals surface area (Å²) < 4.78 is 13.1. The zero-order valence-electron chi connectivity index (χ0n) is 12.9. The van der Waals surface area contributed by atoms with Gasteiger partial charge in [-0.3, -0.25) is 4.79 Å². The number of nitrogens with zero attached hydrogens (tertiary/aromatic N) is 1. The van der Waals surface area contributed by atoms with E-state index in [-0.39, 0.29) is 17.8 Å². The van der Waals surface area contributed by atoms with Crippen molar-refractivity contribution in [2.45, 2.75) is 26.8 Å². The molecular formula is C18H20FNO. The third kappa shape index (κ3) is 3.30. The molecule has 3 heteroatoms. The zero-order valence-corrected chi connectivity index (χ0v) is 12.9. The molecule has 0 heterocycles. The van der Waals surface area contributed by atoms with Crippen LogP contribution < -0.4 is 0 Å². The van der Waals surface area contributed by atoms with Gasteiger partial charge in [-0.2, -0.15) is 0 Å². The van der Waals surface area contributed by atoms with Crippen LogP contribution in [0.3, 0.4) is 0 Å². The van der Waals surface area contributed by atoms with Crippen LogP contribution in [-0.4, -0.2) is 17.9 Å². The minimum absolute atomic E-state index is 0.0393. The summed E-state index contributed by atoms with van der Waals surface area (Å²) in [6.45, 7) is 5.77. The van der Waals surface area contributed by atoms with E-state index in [1.807, 2.05) is 38.1 Å². The number of benzene rings is 2. The molecule has 0 aliphatic heterocycles. The molecule has 21 heavy (non-hydrogen) atoms. The Morgan fingerprint density at radius 1 is 1.10 bits per heavy atom. The number of hydrogen-bond donors (Lipinski definition) is 0. The van der Waals surface area contributed by atoms with Gasteiger partial charge in [-0.25, -0.2) is 4.39 Å². The van der Waals surface area contributed by atoms with Gasteiger partial charge >= 0.3 is 0 Å². The van der Waals surface area contributed by atoms with E-state index >= 15 is 0 Å². The highest BCUT2D eigenvalue weighted by atomic mass is 19.1. The first-order valence-electron chi connectivity index (χ1n) is 7.00. The van der Waals surface area contributed by atoms with Gasteiger partial charge in [0.25, 0.3) is 5.91 Å². The monoisotopic (exact) mass is 285 g/mol. The van der Waals surface area contributed by atoms with Crippen LogP contribution in [0.15, 0.2) is 42.5 Å². The summed E-state index contributed by atoms with van der Waals surface area (Å²) >= 11 is 0. The molecule has 2 nitrogen and oxygen atoms in total. The first kappa shape index (κ1) is 15.2. The van der Waals surface area contributed by atoms with Crippen molar-refractivity contribution in [2.24, 2.45) is 0 Å². The molecule has 2 rings (SSSR count). The lowest BCUT2D eigenvalue weighted by Crippen LogP contribution is -2.30. The van der Waals surface area contributed by atoms with Gasteiger partial charge in [-0.15, -0.1) is 0 Å². The summed E-state index contributed by atoms with van der Waals surface area (Å²) in [6, 6.07) is 12.3. The Morgan fingerprint density at radius 2 is 1.71 bits per heavy atom. The average molecular weight is 285 g/mol. The van der Waals surface area contributed by atoms with Gasteiger partial charge in [0, 0.05) is 12.6 Å². The predicted octanol–water partition coefficient (Wildman–Crippen LogP) is 4.28. The lowest BCUT2D eigenvalue weighted by atomic mass is 10.0. The van der Waals surface area contributed by atoms with E-state index in [1.54, 1.807) is 24.9 Å². The smallest absolute Gasteiger partial charge is 0.254 e. The van der Waals surface area contributed by atoms with Crippen LogP contribution in [-0.2, 0) is 0 Å². The highest BCUT2D eigenvalue weighted by Gasteiger charge is 2.20. The fourth-order valence-electron chi connectivity index (χ4n) is 2.30. The van der Waals surface area contributed by atoms with E-state index in [0.717, 1.165) is 5.56 Å². The van der Waals surface area contributed by atoms with Crippen molar-refractivity contribution in [3.05, 3.63) is 70.5 Å². The molecule has 110 valence electrons. The highest BCUT2D eigenvalue weighted by molar-refractivity contribution is 5.95. The molecule has 0 aliphatic rings. The number of rotatable bonds is 3. The zero-order chi connectivity index (χ0) is 15.6. The third-order valence-corrected chi connectivity index (χ3v) is 3.88. The van der Waals surface area contributed by atoms with Crippen molar-refractivity contribution in [1.82, 2.24) is 4.90 Å². The Morgan fingerprint density at radius 3 is 2.29 bits per heavy atom. The number of carbonyl (C=O) groups is 1. The molecule has 0 bridgehead atoms. The van der Waals surface area contributed by atoms with Gasteiger partial charge in [0.2, 0.25) is 0 Å². The third-order valence-electron chi connectivity index (χ3n) is 3.88. The van der Waals surface area contributed by atoms with Gasteiger partial charge in [-0.1, -0.05) is 29.8 Å². The summed E-state index contributed by atoms with van der Waals surface area (Å²) in [6.07, 6.45) is 0. The normalized spacial score (nSPS) is 12.0. The number of halogens is 1. The Labute approximate surface area is 125 Å². The van der Waals surface area contributed by atoms with Gasteiger partial charge < -0.3 is 4.90 Å². The maximum Gasteiger partial charge on any atom is 0.254 e. The van der Waals surface area contributed by atoms with E-state index in [9.17, 15) is 9.18 Å². The van der Waals surface area contributed by atoms with E-state index in [0.29, 0.717) is 11.1 Å². The topological polar surface area (TPSA) is 20.3 Å². The van der Waals surface area contributed by atoms with Crippen molar-refractivity contribution in [3.63, 3.8) is 0 Å². The minimum Gasteiger partial charge on any atom is -0.335 e. The second kappa shape index (κ2) is 6.08. The quantitative estimate of drug-likeness (QED) is 0.824. The summed E-state index contributed by atoms with van der Waals surface area (Å²) in [5, 5.41) is 0. The number of amides is 1. The van der Waals surface area contributed by atoms with Crippen LogP contribution >= 0.6 is 0 Å². The fourth-order valence-corrected chi connectivity index (χ4v) is 2.30. The summed E-state index contributed by atoms with van der Waals surface area (Å²) in [5.41, 5.74) is 3.46. The summed E-state index contributed by atoms with van der Waals surface area (Å²) in [4.78, 5) is 14.2. The largest absolute Gasteiger partial charge is 0.335 e. The maximum atomic E-state index is 13.1. The Hall–Kier alpha value is -2.16. The minimum atomic E-state index is -0.321. The van der Waals surface area contributed by atoms with Crippen LogP contribution in [0, 0.1) is 19.7 Å². The van der Waals surface area contributed by atoms with E-state index in [1.165, 1.54) is 17.7 Å². The van der Waals surface area contributed by atoms with Crippen LogP contribution in [0.25, 0.3) is 0 Å². The van der Waals surface area contributed by atoms with E-state index in [2.05, 4.69) is 0 Å². The molecule has 1 unspecified atom stereocenters. The molecule has 2 aromatic carbocycles. The standard InChI is InChI=1S/C18H20FNO/c1-12-5-7-15(8-6-12)14(3)20(4)18(21)17-10-9-16(19)11-13(17)2/h5-11,14H,1-4H3. The lowest BCUT2D eigenvalue weighted by molar-refractivity contribution is 0.0742. The van der Waals surface area contributed by atoms with Crippen LogP contribution in [0.2, 0.25) is 0 Å². The molecule has 1 amide bonds. The Balaban J connectivity index is 2.24. The van der Waals surface area contributed by atoms with Crippen molar-refractivity contribution >= 4 is 5.91 Å². The van der Waals surface area contributed by atoms with E-state index < -0.39 is 0 Å². The second-order valence-electron chi connectivity index (χ2n) is 5.46.